The number of halogens is 6. The van der Waals surface area contributed by atoms with E-state index < -0.39 is 47.7 Å². The summed E-state index contributed by atoms with van der Waals surface area (Å²) in [6.45, 7) is -0.238. The molecular weight excluding hydrogens is 328 g/mol. The Labute approximate surface area is 127 Å². The predicted octanol–water partition coefficient (Wildman–Crippen LogP) is 2.82. The van der Waals surface area contributed by atoms with E-state index in [0.29, 0.717) is 17.9 Å². The van der Waals surface area contributed by atoms with Crippen LogP contribution in [0.3, 0.4) is 0 Å². The molecule has 126 valence electrons. The molecule has 1 amide bonds. The third-order valence-electron chi connectivity index (χ3n) is 3.03. The minimum Gasteiger partial charge on any atom is -0.368 e. The second-order valence-electron chi connectivity index (χ2n) is 4.65. The highest BCUT2D eigenvalue weighted by molar-refractivity contribution is 5.80. The number of rotatable bonds is 4. The largest absolute Gasteiger partial charge is 0.417 e. The summed E-state index contributed by atoms with van der Waals surface area (Å²) >= 11 is 0. The average molecular weight is 339 g/mol. The molecule has 2 N–H and O–H groups in total. The number of nitriles is 1. The third kappa shape index (κ3) is 4.51. The van der Waals surface area contributed by atoms with Crippen molar-refractivity contribution in [3.05, 3.63) is 29.3 Å². The maximum Gasteiger partial charge on any atom is 0.417 e. The number of nitrogens with two attached hydrogens (primary N) is 1. The van der Waals surface area contributed by atoms with Crippen LogP contribution < -0.4 is 10.6 Å². The zero-order chi connectivity index (χ0) is 18.0. The van der Waals surface area contributed by atoms with Crippen molar-refractivity contribution in [2.45, 2.75) is 25.3 Å². The summed E-state index contributed by atoms with van der Waals surface area (Å²) in [4.78, 5) is 11.4. The van der Waals surface area contributed by atoms with Gasteiger partial charge in [0.1, 0.15) is 6.04 Å². The van der Waals surface area contributed by atoms with E-state index in [2.05, 4.69) is 0 Å². The summed E-state index contributed by atoms with van der Waals surface area (Å²) in [7, 11) is 0. The van der Waals surface area contributed by atoms with E-state index in [1.807, 2.05) is 0 Å². The highest BCUT2D eigenvalue weighted by Gasteiger charge is 2.41. The van der Waals surface area contributed by atoms with Gasteiger partial charge >= 0.3 is 12.4 Å². The molecule has 0 bridgehead atoms. The van der Waals surface area contributed by atoms with Crippen molar-refractivity contribution < 1.29 is 31.1 Å². The zero-order valence-electron chi connectivity index (χ0n) is 11.7. The number of hydrogen-bond acceptors (Lipinski definition) is 3. The Hall–Kier alpha value is -2.44. The summed E-state index contributed by atoms with van der Waals surface area (Å²) in [5.74, 6) is -1.14. The lowest BCUT2D eigenvalue weighted by atomic mass is 10.1. The first-order chi connectivity index (χ1) is 10.4. The fraction of sp³-hybridized carbons (Fsp3) is 0.385. The average Bonchev–Trinajstić information content (AvgIpc) is 2.41. The first kappa shape index (κ1) is 18.6. The number of carbonyl (C=O) groups is 1. The third-order valence-corrected chi connectivity index (χ3v) is 3.03. The van der Waals surface area contributed by atoms with Crippen LogP contribution in [0.5, 0.6) is 0 Å². The van der Waals surface area contributed by atoms with Crippen LogP contribution in [0.25, 0.3) is 0 Å². The maximum atomic E-state index is 12.9. The lowest BCUT2D eigenvalue weighted by Gasteiger charge is -2.32. The Bertz CT molecular complexity index is 632. The van der Waals surface area contributed by atoms with Crippen molar-refractivity contribution in [1.29, 1.82) is 5.26 Å². The second-order valence-corrected chi connectivity index (χ2v) is 4.65. The summed E-state index contributed by atoms with van der Waals surface area (Å²) < 4.78 is 77.2. The van der Waals surface area contributed by atoms with E-state index in [1.54, 1.807) is 0 Å². The van der Waals surface area contributed by atoms with Gasteiger partial charge in [0.05, 0.1) is 23.7 Å². The van der Waals surface area contributed by atoms with E-state index in [1.165, 1.54) is 6.07 Å². The Balaban J connectivity index is 3.43. The topological polar surface area (TPSA) is 70.1 Å². The van der Waals surface area contributed by atoms with Crippen LogP contribution in [0.4, 0.5) is 32.0 Å². The van der Waals surface area contributed by atoms with E-state index in [-0.39, 0.29) is 0 Å². The number of carbonyl (C=O) groups excluding carboxylic acids is 1. The minimum atomic E-state index is -4.93. The molecule has 0 aromatic heterocycles. The molecule has 0 aliphatic heterocycles. The molecule has 0 aliphatic carbocycles. The molecule has 4 nitrogen and oxygen atoms in total. The van der Waals surface area contributed by atoms with Gasteiger partial charge in [-0.1, -0.05) is 0 Å². The summed E-state index contributed by atoms with van der Waals surface area (Å²) in [6, 6.07) is 1.11. The fourth-order valence-corrected chi connectivity index (χ4v) is 1.84. The van der Waals surface area contributed by atoms with Gasteiger partial charge in [-0.15, -0.1) is 0 Å². The number of anilines is 1. The number of primary amides is 1. The highest BCUT2D eigenvalue weighted by atomic mass is 19.4. The van der Waals surface area contributed by atoms with Gasteiger partial charge in [-0.3, -0.25) is 4.79 Å². The van der Waals surface area contributed by atoms with Crippen molar-refractivity contribution in [2.24, 2.45) is 5.73 Å². The lowest BCUT2D eigenvalue weighted by molar-refractivity contribution is -0.145. The number of alkyl halides is 6. The summed E-state index contributed by atoms with van der Waals surface area (Å²) in [5, 5.41) is 8.68. The van der Waals surface area contributed by atoms with Crippen LogP contribution in [0.1, 0.15) is 18.1 Å². The molecule has 1 rings (SSSR count). The predicted molar refractivity (Wildman–Crippen MR) is 68.2 cm³/mol. The second kappa shape index (κ2) is 6.36. The minimum absolute atomic E-state index is 0.393. The molecule has 0 fully saturated rings. The number of nitrogens with zero attached hydrogens (tertiary/aromatic N) is 2. The van der Waals surface area contributed by atoms with Gasteiger partial charge in [0.15, 0.2) is 0 Å². The zero-order valence-corrected chi connectivity index (χ0v) is 11.7. The molecule has 23 heavy (non-hydrogen) atoms. The normalized spacial score (nSPS) is 13.3. The van der Waals surface area contributed by atoms with E-state index in [9.17, 15) is 31.1 Å². The van der Waals surface area contributed by atoms with Crippen molar-refractivity contribution in [2.75, 3.05) is 11.4 Å². The van der Waals surface area contributed by atoms with Crippen LogP contribution >= 0.6 is 0 Å². The fourth-order valence-electron chi connectivity index (χ4n) is 1.84. The Morgan fingerprint density at radius 1 is 1.30 bits per heavy atom. The lowest BCUT2D eigenvalue weighted by Crippen LogP contribution is -2.47. The molecule has 0 saturated heterocycles. The first-order valence-corrected chi connectivity index (χ1v) is 6.11. The monoisotopic (exact) mass is 339 g/mol. The van der Waals surface area contributed by atoms with E-state index in [0.717, 1.165) is 12.1 Å². The number of amides is 1. The molecule has 10 heteroatoms. The highest BCUT2D eigenvalue weighted by Crippen LogP contribution is 2.36. The molecule has 0 radical (unpaired) electrons. The molecule has 0 spiro atoms. The molecule has 0 saturated carbocycles. The molecular formula is C13H11F6N3O. The maximum absolute atomic E-state index is 12.9. The quantitative estimate of drug-likeness (QED) is 0.858. The summed E-state index contributed by atoms with van der Waals surface area (Å²) in [6.07, 6.45) is -9.72. The Morgan fingerprint density at radius 2 is 1.87 bits per heavy atom. The molecule has 1 unspecified atom stereocenters. The molecule has 1 aromatic rings. The van der Waals surface area contributed by atoms with Crippen LogP contribution in [0.15, 0.2) is 18.2 Å². The first-order valence-electron chi connectivity index (χ1n) is 6.11. The van der Waals surface area contributed by atoms with Crippen LogP contribution in [-0.2, 0) is 11.0 Å². The smallest absolute Gasteiger partial charge is 0.368 e. The number of benzene rings is 1. The SMILES string of the molecule is CC(N(CC(N)=O)c1ccc(C#N)c(C(F)(F)F)c1)C(F)(F)F. The van der Waals surface area contributed by atoms with Crippen molar-refractivity contribution in [1.82, 2.24) is 0 Å². The Morgan fingerprint density at radius 3 is 2.26 bits per heavy atom. The van der Waals surface area contributed by atoms with Crippen LogP contribution in [0.2, 0.25) is 0 Å². The molecule has 1 aromatic carbocycles. The number of hydrogen-bond donors (Lipinski definition) is 1. The van der Waals surface area contributed by atoms with Gasteiger partial charge in [0, 0.05) is 5.69 Å². The van der Waals surface area contributed by atoms with Crippen molar-refractivity contribution in [3.63, 3.8) is 0 Å². The van der Waals surface area contributed by atoms with Crippen molar-refractivity contribution in [3.8, 4) is 6.07 Å². The van der Waals surface area contributed by atoms with Gasteiger partial charge in [0.2, 0.25) is 5.91 Å². The molecule has 0 aliphatic rings. The van der Waals surface area contributed by atoms with Gasteiger partial charge in [0.25, 0.3) is 0 Å². The Kier molecular flexibility index (Phi) is 5.14. The van der Waals surface area contributed by atoms with Crippen LogP contribution in [0, 0.1) is 11.3 Å². The van der Waals surface area contributed by atoms with E-state index in [4.69, 9.17) is 11.0 Å². The van der Waals surface area contributed by atoms with Gasteiger partial charge in [-0.2, -0.15) is 31.6 Å². The van der Waals surface area contributed by atoms with Gasteiger partial charge in [-0.25, -0.2) is 0 Å². The van der Waals surface area contributed by atoms with Crippen LogP contribution in [-0.4, -0.2) is 24.7 Å². The molecule has 1 atom stereocenters. The van der Waals surface area contributed by atoms with Gasteiger partial charge < -0.3 is 10.6 Å². The van der Waals surface area contributed by atoms with Crippen molar-refractivity contribution >= 4 is 11.6 Å². The molecule has 0 heterocycles. The standard InChI is InChI=1S/C13H11F6N3O/c1-7(12(14,15)16)22(6-11(21)23)9-3-2-8(5-20)10(4-9)13(17,18)19/h2-4,7H,6H2,1H3,(H2,21,23). The van der Waals surface area contributed by atoms with E-state index >= 15 is 0 Å². The summed E-state index contributed by atoms with van der Waals surface area (Å²) in [5.41, 5.74) is 2.23. The van der Waals surface area contributed by atoms with Gasteiger partial charge in [-0.05, 0) is 25.1 Å².